The molecule has 0 aromatic rings. The topological polar surface area (TPSA) is 40.5 Å². The fourth-order valence-corrected chi connectivity index (χ4v) is 4.00. The molecule has 0 aromatic carbocycles. The first-order valence-corrected chi connectivity index (χ1v) is 9.61. The zero-order valence-electron chi connectivity index (χ0n) is 15.5. The molecule has 2 atom stereocenters. The summed E-state index contributed by atoms with van der Waals surface area (Å²) in [5.41, 5.74) is 3.27. The Hall–Kier alpha value is -1.94. The first-order chi connectivity index (χ1) is 12.5. The van der Waals surface area contributed by atoms with Gasteiger partial charge in [-0.15, -0.1) is 0 Å². The number of rotatable bonds is 4. The van der Waals surface area contributed by atoms with Crippen LogP contribution in [0.4, 0.5) is 4.39 Å². The molecule has 0 aliphatic heterocycles. The van der Waals surface area contributed by atoms with E-state index < -0.39 is 0 Å². The third-order valence-electron chi connectivity index (χ3n) is 5.49. The van der Waals surface area contributed by atoms with Crippen LogP contribution in [-0.4, -0.2) is 28.6 Å². The van der Waals surface area contributed by atoms with Gasteiger partial charge in [0, 0.05) is 19.0 Å². The fraction of sp³-hybridized carbons (Fsp3) is 0.500. The van der Waals surface area contributed by atoms with Gasteiger partial charge in [-0.1, -0.05) is 30.7 Å². The van der Waals surface area contributed by atoms with E-state index in [0.717, 1.165) is 43.4 Å². The molecule has 0 bridgehead atoms. The summed E-state index contributed by atoms with van der Waals surface area (Å²) >= 11 is 0. The van der Waals surface area contributed by atoms with Crippen LogP contribution in [-0.2, 0) is 4.79 Å². The summed E-state index contributed by atoms with van der Waals surface area (Å²) in [6.45, 7) is 2.07. The Balaban J connectivity index is 1.67. The van der Waals surface area contributed by atoms with Gasteiger partial charge in [0.05, 0.1) is 12.6 Å². The van der Waals surface area contributed by atoms with Crippen molar-refractivity contribution in [3.63, 3.8) is 0 Å². The summed E-state index contributed by atoms with van der Waals surface area (Å²) in [6, 6.07) is 0. The summed E-state index contributed by atoms with van der Waals surface area (Å²) < 4.78 is 13.2. The summed E-state index contributed by atoms with van der Waals surface area (Å²) in [5.74, 6) is 0.282. The smallest absolute Gasteiger partial charge is 0.223 e. The van der Waals surface area contributed by atoms with E-state index in [0.29, 0.717) is 25.3 Å². The molecule has 0 aromatic heterocycles. The van der Waals surface area contributed by atoms with E-state index in [4.69, 9.17) is 0 Å². The van der Waals surface area contributed by atoms with Crippen LogP contribution in [0.1, 0.15) is 51.9 Å². The Morgan fingerprint density at radius 1 is 1.23 bits per heavy atom. The Morgan fingerprint density at radius 3 is 2.77 bits per heavy atom. The van der Waals surface area contributed by atoms with Crippen molar-refractivity contribution in [3.05, 3.63) is 59.1 Å². The number of hydrogen-bond donors (Lipinski definition) is 1. The van der Waals surface area contributed by atoms with Crippen LogP contribution in [0.2, 0.25) is 0 Å². The predicted molar refractivity (Wildman–Crippen MR) is 102 cm³/mol. The largest absolute Gasteiger partial charge is 0.393 e. The highest BCUT2D eigenvalue weighted by Crippen LogP contribution is 2.32. The molecule has 1 amide bonds. The molecule has 26 heavy (non-hydrogen) atoms. The van der Waals surface area contributed by atoms with Crippen molar-refractivity contribution < 1.29 is 14.3 Å². The third-order valence-corrected chi connectivity index (χ3v) is 5.49. The molecule has 0 radical (unpaired) electrons. The molecule has 0 heterocycles. The van der Waals surface area contributed by atoms with Gasteiger partial charge in [0.1, 0.15) is 5.83 Å². The summed E-state index contributed by atoms with van der Waals surface area (Å²) in [6.07, 6.45) is 17.3. The maximum absolute atomic E-state index is 13.2. The van der Waals surface area contributed by atoms with Crippen LogP contribution >= 0.6 is 0 Å². The van der Waals surface area contributed by atoms with Crippen LogP contribution in [0.15, 0.2) is 59.1 Å². The number of allylic oxidation sites excluding steroid dienone is 8. The van der Waals surface area contributed by atoms with E-state index in [2.05, 4.69) is 24.3 Å². The van der Waals surface area contributed by atoms with Gasteiger partial charge in [-0.3, -0.25) is 4.79 Å². The molecule has 2 unspecified atom stereocenters. The Kier molecular flexibility index (Phi) is 6.25. The number of aliphatic hydroxyl groups excluding tert-OH is 1. The Labute approximate surface area is 155 Å². The second kappa shape index (κ2) is 8.63. The lowest BCUT2D eigenvalue weighted by Gasteiger charge is -2.27. The van der Waals surface area contributed by atoms with Gasteiger partial charge in [0.25, 0.3) is 0 Å². The number of aliphatic hydroxyl groups is 1. The van der Waals surface area contributed by atoms with Crippen LogP contribution in [0.25, 0.3) is 0 Å². The highest BCUT2D eigenvalue weighted by Gasteiger charge is 2.23. The standard InChI is InChI=1S/C22H28FNO2/c1-16(25)24(21-12-10-20(23)11-13-21)15-17-4-2-5-18(9-8-17)19-6-3-7-22(26)14-19/h4-5,8-10,12,19,22,26H,2-3,6-7,11,13-15H2,1H3. The lowest BCUT2D eigenvalue weighted by Crippen LogP contribution is -2.30. The average Bonchev–Trinajstić information content (AvgIpc) is 2.86. The monoisotopic (exact) mass is 357 g/mol. The molecule has 0 saturated heterocycles. The Bertz CT molecular complexity index is 699. The molecule has 1 fully saturated rings. The van der Waals surface area contributed by atoms with Crippen molar-refractivity contribution in [2.24, 2.45) is 5.92 Å². The number of carbonyl (C=O) groups is 1. The first kappa shape index (κ1) is 18.8. The van der Waals surface area contributed by atoms with E-state index >= 15 is 0 Å². The molecule has 140 valence electrons. The highest BCUT2D eigenvalue weighted by atomic mass is 19.1. The molecule has 3 aliphatic rings. The Morgan fingerprint density at radius 2 is 2.08 bits per heavy atom. The van der Waals surface area contributed by atoms with Crippen molar-refractivity contribution in [2.75, 3.05) is 6.54 Å². The van der Waals surface area contributed by atoms with Crippen molar-refractivity contribution in [1.82, 2.24) is 4.90 Å². The molecule has 0 spiro atoms. The first-order valence-electron chi connectivity index (χ1n) is 9.61. The lowest BCUT2D eigenvalue weighted by atomic mass is 9.82. The highest BCUT2D eigenvalue weighted by molar-refractivity contribution is 5.76. The molecular weight excluding hydrogens is 329 g/mol. The van der Waals surface area contributed by atoms with E-state index in [9.17, 15) is 14.3 Å². The van der Waals surface area contributed by atoms with Gasteiger partial charge in [0.15, 0.2) is 0 Å². The molecule has 3 aliphatic carbocycles. The number of halogens is 1. The number of carbonyl (C=O) groups excluding carboxylic acids is 1. The van der Waals surface area contributed by atoms with Gasteiger partial charge < -0.3 is 10.0 Å². The summed E-state index contributed by atoms with van der Waals surface area (Å²) in [7, 11) is 0. The van der Waals surface area contributed by atoms with Crippen LogP contribution in [0.3, 0.4) is 0 Å². The van der Waals surface area contributed by atoms with Crippen molar-refractivity contribution in [2.45, 2.75) is 58.0 Å². The lowest BCUT2D eigenvalue weighted by molar-refractivity contribution is -0.126. The number of amides is 1. The van der Waals surface area contributed by atoms with Gasteiger partial charge in [-0.05, 0) is 61.3 Å². The fourth-order valence-electron chi connectivity index (χ4n) is 4.00. The minimum Gasteiger partial charge on any atom is -0.393 e. The molecule has 4 heteroatoms. The van der Waals surface area contributed by atoms with E-state index in [1.54, 1.807) is 17.9 Å². The molecule has 3 nitrogen and oxygen atoms in total. The van der Waals surface area contributed by atoms with Crippen molar-refractivity contribution in [1.29, 1.82) is 0 Å². The van der Waals surface area contributed by atoms with E-state index in [1.807, 2.05) is 0 Å². The van der Waals surface area contributed by atoms with E-state index in [1.165, 1.54) is 11.6 Å². The SMILES string of the molecule is CC(=O)N(CC1=CCC=C(C2CCCC(O)C2)C=C1)C1=CC=C(F)CC1. The maximum atomic E-state index is 13.2. The number of nitrogens with zero attached hydrogens (tertiary/aromatic N) is 1. The third kappa shape index (κ3) is 4.82. The van der Waals surface area contributed by atoms with E-state index in [-0.39, 0.29) is 17.8 Å². The number of hydrogen-bond acceptors (Lipinski definition) is 2. The van der Waals surface area contributed by atoms with Crippen LogP contribution in [0, 0.1) is 5.92 Å². The van der Waals surface area contributed by atoms with Gasteiger partial charge in [-0.25, -0.2) is 4.39 Å². The summed E-state index contributed by atoms with van der Waals surface area (Å²) in [5, 5.41) is 9.93. The van der Waals surface area contributed by atoms with Crippen molar-refractivity contribution >= 4 is 5.91 Å². The quantitative estimate of drug-likeness (QED) is 0.790. The zero-order chi connectivity index (χ0) is 18.5. The van der Waals surface area contributed by atoms with Crippen LogP contribution in [0.5, 0.6) is 0 Å². The van der Waals surface area contributed by atoms with Gasteiger partial charge in [0.2, 0.25) is 5.91 Å². The predicted octanol–water partition coefficient (Wildman–Crippen LogP) is 4.73. The normalized spacial score (nSPS) is 26.3. The molecule has 1 N–H and O–H groups in total. The van der Waals surface area contributed by atoms with Crippen molar-refractivity contribution in [3.8, 4) is 0 Å². The minimum absolute atomic E-state index is 0.0194. The molecular formula is C22H28FNO2. The van der Waals surface area contributed by atoms with Gasteiger partial charge >= 0.3 is 0 Å². The maximum Gasteiger partial charge on any atom is 0.223 e. The molecule has 3 rings (SSSR count). The average molecular weight is 357 g/mol. The second-order valence-corrected chi connectivity index (χ2v) is 7.45. The second-order valence-electron chi connectivity index (χ2n) is 7.45. The molecule has 1 saturated carbocycles. The van der Waals surface area contributed by atoms with Gasteiger partial charge in [-0.2, -0.15) is 0 Å². The minimum atomic E-state index is -0.182. The van der Waals surface area contributed by atoms with Crippen LogP contribution < -0.4 is 0 Å². The summed E-state index contributed by atoms with van der Waals surface area (Å²) in [4.78, 5) is 13.9. The zero-order valence-corrected chi connectivity index (χ0v) is 15.5.